The third-order valence-corrected chi connectivity index (χ3v) is 3.97. The average molecular weight is 246 g/mol. The van der Waals surface area contributed by atoms with Gasteiger partial charge in [0, 0.05) is 9.75 Å². The van der Waals surface area contributed by atoms with Gasteiger partial charge in [0.2, 0.25) is 0 Å². The van der Waals surface area contributed by atoms with E-state index in [2.05, 4.69) is 32.0 Å². The molecule has 1 unspecified atom stereocenters. The maximum Gasteiger partial charge on any atom is 0.0803 e. The minimum Gasteiger partial charge on any atom is -0.388 e. The Hall–Kier alpha value is -1.12. The lowest BCUT2D eigenvalue weighted by Gasteiger charge is -2.10. The molecule has 0 saturated heterocycles. The first kappa shape index (κ1) is 12.3. The topological polar surface area (TPSA) is 20.2 Å². The highest BCUT2D eigenvalue weighted by Gasteiger charge is 2.12. The quantitative estimate of drug-likeness (QED) is 0.863. The van der Waals surface area contributed by atoms with E-state index in [1.807, 2.05) is 18.2 Å². The summed E-state index contributed by atoms with van der Waals surface area (Å²) in [7, 11) is 0. The maximum absolute atomic E-state index is 10.2. The Morgan fingerprint density at radius 3 is 2.47 bits per heavy atom. The van der Waals surface area contributed by atoms with Gasteiger partial charge in [-0.05, 0) is 43.9 Å². The van der Waals surface area contributed by atoms with Crippen molar-refractivity contribution < 1.29 is 5.11 Å². The Labute approximate surface area is 107 Å². The van der Waals surface area contributed by atoms with Crippen molar-refractivity contribution in [2.24, 2.45) is 0 Å². The van der Waals surface area contributed by atoms with E-state index in [0.29, 0.717) is 0 Å². The van der Waals surface area contributed by atoms with Crippen molar-refractivity contribution in [3.8, 4) is 0 Å². The van der Waals surface area contributed by atoms with Gasteiger partial charge in [-0.1, -0.05) is 30.3 Å². The normalized spacial score (nSPS) is 12.6. The number of aliphatic hydroxyl groups excluding tert-OH is 1. The molecule has 90 valence electrons. The van der Waals surface area contributed by atoms with E-state index in [-0.39, 0.29) is 6.10 Å². The van der Waals surface area contributed by atoms with Crippen molar-refractivity contribution in [3.63, 3.8) is 0 Å². The number of hydrogen-bond donors (Lipinski definition) is 1. The molecule has 1 aromatic heterocycles. The predicted octanol–water partition coefficient (Wildman–Crippen LogP) is 4.03. The number of aryl methyl sites for hydroxylation is 3. The van der Waals surface area contributed by atoms with Crippen molar-refractivity contribution in [3.05, 3.63) is 57.3 Å². The van der Waals surface area contributed by atoms with E-state index in [9.17, 15) is 5.11 Å². The molecule has 1 nitrogen and oxygen atoms in total. The molecule has 0 bridgehead atoms. The molecule has 1 N–H and O–H groups in total. The monoisotopic (exact) mass is 246 g/mol. The van der Waals surface area contributed by atoms with Gasteiger partial charge in [-0.3, -0.25) is 0 Å². The van der Waals surface area contributed by atoms with E-state index in [4.69, 9.17) is 0 Å². The first-order valence-electron chi connectivity index (χ1n) is 5.95. The zero-order valence-electron chi connectivity index (χ0n) is 10.3. The summed E-state index contributed by atoms with van der Waals surface area (Å²) >= 11 is 1.76. The van der Waals surface area contributed by atoms with E-state index in [1.54, 1.807) is 11.3 Å². The molecule has 17 heavy (non-hydrogen) atoms. The molecule has 2 heteroatoms. The molecule has 0 spiro atoms. The van der Waals surface area contributed by atoms with Crippen molar-refractivity contribution in [2.75, 3.05) is 0 Å². The minimum absolute atomic E-state index is 0.333. The molecular formula is C15H18OS. The fourth-order valence-corrected chi connectivity index (χ4v) is 3.07. The molecule has 2 aromatic rings. The zero-order valence-corrected chi connectivity index (χ0v) is 11.1. The Kier molecular flexibility index (Phi) is 3.97. The Morgan fingerprint density at radius 2 is 1.88 bits per heavy atom. The second-order valence-corrected chi connectivity index (χ2v) is 5.87. The summed E-state index contributed by atoms with van der Waals surface area (Å²) in [5.74, 6) is 0. The van der Waals surface area contributed by atoms with Gasteiger partial charge < -0.3 is 5.11 Å². The summed E-state index contributed by atoms with van der Waals surface area (Å²) in [5, 5.41) is 10.2. The maximum atomic E-state index is 10.2. The van der Waals surface area contributed by atoms with Crippen LogP contribution in [0.15, 0.2) is 36.4 Å². The van der Waals surface area contributed by atoms with Crippen LogP contribution in [-0.2, 0) is 6.42 Å². The third-order valence-electron chi connectivity index (χ3n) is 2.99. The summed E-state index contributed by atoms with van der Waals surface area (Å²) in [6.07, 6.45) is 1.39. The van der Waals surface area contributed by atoms with Crippen LogP contribution in [0.3, 0.4) is 0 Å². The van der Waals surface area contributed by atoms with Crippen LogP contribution in [0.25, 0.3) is 0 Å². The minimum atomic E-state index is -0.333. The second-order valence-electron chi connectivity index (χ2n) is 4.41. The summed E-state index contributed by atoms with van der Waals surface area (Å²) in [5.41, 5.74) is 2.39. The lowest BCUT2D eigenvalue weighted by atomic mass is 10.0. The first-order chi connectivity index (χ1) is 8.16. The molecule has 0 aliphatic rings. The molecular weight excluding hydrogens is 228 g/mol. The highest BCUT2D eigenvalue weighted by molar-refractivity contribution is 7.12. The molecule has 2 rings (SSSR count). The van der Waals surface area contributed by atoms with Gasteiger partial charge in [0.15, 0.2) is 0 Å². The zero-order chi connectivity index (χ0) is 12.3. The predicted molar refractivity (Wildman–Crippen MR) is 73.5 cm³/mol. The number of aliphatic hydroxyl groups is 1. The SMILES string of the molecule is Cc1cc(C(O)CCc2ccccc2)c(C)s1. The van der Waals surface area contributed by atoms with Crippen molar-refractivity contribution in [1.82, 2.24) is 0 Å². The van der Waals surface area contributed by atoms with Crippen LogP contribution in [0.4, 0.5) is 0 Å². The highest BCUT2D eigenvalue weighted by atomic mass is 32.1. The highest BCUT2D eigenvalue weighted by Crippen LogP contribution is 2.28. The van der Waals surface area contributed by atoms with Crippen LogP contribution < -0.4 is 0 Å². The number of rotatable bonds is 4. The van der Waals surface area contributed by atoms with Crippen molar-refractivity contribution >= 4 is 11.3 Å². The third kappa shape index (κ3) is 3.18. The van der Waals surface area contributed by atoms with Gasteiger partial charge in [-0.15, -0.1) is 11.3 Å². The van der Waals surface area contributed by atoms with Crippen LogP contribution in [0.2, 0.25) is 0 Å². The summed E-state index contributed by atoms with van der Waals surface area (Å²) in [6, 6.07) is 12.4. The fraction of sp³-hybridized carbons (Fsp3) is 0.333. The summed E-state index contributed by atoms with van der Waals surface area (Å²) in [4.78, 5) is 2.51. The smallest absolute Gasteiger partial charge is 0.0803 e. The van der Waals surface area contributed by atoms with Crippen molar-refractivity contribution in [1.29, 1.82) is 0 Å². The molecule has 0 amide bonds. The van der Waals surface area contributed by atoms with E-state index < -0.39 is 0 Å². The average Bonchev–Trinajstić information content (AvgIpc) is 2.67. The van der Waals surface area contributed by atoms with Crippen LogP contribution in [0, 0.1) is 13.8 Å². The van der Waals surface area contributed by atoms with Gasteiger partial charge in [-0.2, -0.15) is 0 Å². The van der Waals surface area contributed by atoms with E-state index >= 15 is 0 Å². The van der Waals surface area contributed by atoms with Gasteiger partial charge in [-0.25, -0.2) is 0 Å². The molecule has 0 aliphatic carbocycles. The van der Waals surface area contributed by atoms with Gasteiger partial charge in [0.05, 0.1) is 6.10 Å². The number of hydrogen-bond acceptors (Lipinski definition) is 2. The van der Waals surface area contributed by atoms with E-state index in [1.165, 1.54) is 15.3 Å². The second kappa shape index (κ2) is 5.48. The van der Waals surface area contributed by atoms with Gasteiger partial charge in [0.25, 0.3) is 0 Å². The number of benzene rings is 1. The lowest BCUT2D eigenvalue weighted by molar-refractivity contribution is 0.167. The molecule has 1 aromatic carbocycles. The standard InChI is InChI=1S/C15H18OS/c1-11-10-14(12(2)17-11)15(16)9-8-13-6-4-3-5-7-13/h3-7,10,15-16H,8-9H2,1-2H3. The molecule has 0 radical (unpaired) electrons. The fourth-order valence-electron chi connectivity index (χ4n) is 2.08. The van der Waals surface area contributed by atoms with Gasteiger partial charge in [0.1, 0.15) is 0 Å². The number of thiophene rings is 1. The molecule has 0 fully saturated rings. The van der Waals surface area contributed by atoms with Crippen LogP contribution >= 0.6 is 11.3 Å². The molecule has 1 atom stereocenters. The molecule has 1 heterocycles. The first-order valence-corrected chi connectivity index (χ1v) is 6.77. The van der Waals surface area contributed by atoms with Gasteiger partial charge >= 0.3 is 0 Å². The van der Waals surface area contributed by atoms with Crippen LogP contribution in [0.1, 0.15) is 33.4 Å². The van der Waals surface area contributed by atoms with Crippen LogP contribution in [-0.4, -0.2) is 5.11 Å². The lowest BCUT2D eigenvalue weighted by Crippen LogP contribution is -1.99. The summed E-state index contributed by atoms with van der Waals surface area (Å²) in [6.45, 7) is 4.17. The Morgan fingerprint density at radius 1 is 1.18 bits per heavy atom. The van der Waals surface area contributed by atoms with E-state index in [0.717, 1.165) is 18.4 Å². The largest absolute Gasteiger partial charge is 0.388 e. The summed E-state index contributed by atoms with van der Waals surface area (Å²) < 4.78 is 0. The van der Waals surface area contributed by atoms with Crippen molar-refractivity contribution in [2.45, 2.75) is 32.8 Å². The molecule has 0 aliphatic heterocycles. The van der Waals surface area contributed by atoms with Crippen LogP contribution in [0.5, 0.6) is 0 Å². The Bertz CT molecular complexity index is 473. The Balaban J connectivity index is 1.98. The molecule has 0 saturated carbocycles.